The standard InChI is InChI=1S/C17H19NO4/c1-22-9-11-5-13(17(20)21)8-14(6-11)18-16(19)15-7-10-2-3-12(15)4-10/h2-3,5-6,8,10,12,15H,4,7,9H2,1H3,(H,18,19)(H,20,21). The molecule has 22 heavy (non-hydrogen) atoms. The van der Waals surface area contributed by atoms with Crippen LogP contribution in [-0.2, 0) is 16.1 Å². The number of nitrogens with one attached hydrogen (secondary N) is 1. The number of hydrogen-bond donors (Lipinski definition) is 2. The maximum Gasteiger partial charge on any atom is 0.335 e. The van der Waals surface area contributed by atoms with Gasteiger partial charge in [-0.3, -0.25) is 4.79 Å². The SMILES string of the molecule is COCc1cc(NC(=O)C2CC3C=CC2C3)cc(C(=O)O)c1. The third-order valence-corrected chi connectivity index (χ3v) is 4.43. The Morgan fingerprint density at radius 1 is 1.27 bits per heavy atom. The Morgan fingerprint density at radius 3 is 2.68 bits per heavy atom. The average molecular weight is 301 g/mol. The van der Waals surface area contributed by atoms with Crippen LogP contribution in [0.1, 0.15) is 28.8 Å². The molecule has 3 atom stereocenters. The molecule has 2 bridgehead atoms. The zero-order chi connectivity index (χ0) is 15.7. The Hall–Kier alpha value is -2.14. The van der Waals surface area contributed by atoms with Crippen molar-refractivity contribution < 1.29 is 19.4 Å². The number of rotatable bonds is 5. The lowest BCUT2D eigenvalue weighted by molar-refractivity contribution is -0.120. The third-order valence-electron chi connectivity index (χ3n) is 4.43. The van der Waals surface area contributed by atoms with Crippen molar-refractivity contribution in [2.75, 3.05) is 12.4 Å². The maximum atomic E-state index is 12.4. The molecule has 116 valence electrons. The van der Waals surface area contributed by atoms with Crippen molar-refractivity contribution in [2.45, 2.75) is 19.4 Å². The molecule has 1 aromatic rings. The lowest BCUT2D eigenvalue weighted by Gasteiger charge is -2.18. The third kappa shape index (κ3) is 2.90. The van der Waals surface area contributed by atoms with Gasteiger partial charge in [0, 0.05) is 18.7 Å². The molecule has 1 fully saturated rings. The van der Waals surface area contributed by atoms with Crippen LogP contribution in [-0.4, -0.2) is 24.1 Å². The lowest BCUT2D eigenvalue weighted by Crippen LogP contribution is -2.26. The Labute approximate surface area is 129 Å². The second-order valence-corrected chi connectivity index (χ2v) is 6.03. The number of amides is 1. The van der Waals surface area contributed by atoms with Crippen molar-refractivity contribution in [1.82, 2.24) is 0 Å². The van der Waals surface area contributed by atoms with Gasteiger partial charge in [0.15, 0.2) is 0 Å². The summed E-state index contributed by atoms with van der Waals surface area (Å²) in [4.78, 5) is 23.6. The van der Waals surface area contributed by atoms with Gasteiger partial charge in [-0.1, -0.05) is 12.2 Å². The van der Waals surface area contributed by atoms with Gasteiger partial charge < -0.3 is 15.2 Å². The van der Waals surface area contributed by atoms with E-state index in [4.69, 9.17) is 4.74 Å². The van der Waals surface area contributed by atoms with Gasteiger partial charge in [-0.2, -0.15) is 0 Å². The fraction of sp³-hybridized carbons (Fsp3) is 0.412. The predicted octanol–water partition coefficient (Wildman–Crippen LogP) is 2.68. The normalized spacial score (nSPS) is 25.4. The number of carboxylic acids is 1. The first kappa shape index (κ1) is 14.8. The largest absolute Gasteiger partial charge is 0.478 e. The molecule has 0 spiro atoms. The fourth-order valence-corrected chi connectivity index (χ4v) is 3.45. The molecule has 3 unspecified atom stereocenters. The number of ether oxygens (including phenoxy) is 1. The molecule has 0 radical (unpaired) electrons. The summed E-state index contributed by atoms with van der Waals surface area (Å²) in [5, 5.41) is 12.0. The number of allylic oxidation sites excluding steroid dienone is 2. The van der Waals surface area contributed by atoms with Crippen LogP contribution >= 0.6 is 0 Å². The van der Waals surface area contributed by atoms with E-state index in [1.165, 1.54) is 6.07 Å². The molecule has 3 rings (SSSR count). The van der Waals surface area contributed by atoms with Crippen molar-refractivity contribution >= 4 is 17.6 Å². The highest BCUT2D eigenvalue weighted by Crippen LogP contribution is 2.43. The van der Waals surface area contributed by atoms with E-state index in [2.05, 4.69) is 17.5 Å². The molecule has 2 aliphatic rings. The van der Waals surface area contributed by atoms with Gasteiger partial charge in [0.2, 0.25) is 5.91 Å². The van der Waals surface area contributed by atoms with E-state index in [0.717, 1.165) is 18.4 Å². The molecule has 0 aliphatic heterocycles. The van der Waals surface area contributed by atoms with Gasteiger partial charge in [-0.05, 0) is 48.4 Å². The highest BCUT2D eigenvalue weighted by atomic mass is 16.5. The number of carbonyl (C=O) groups excluding carboxylic acids is 1. The highest BCUT2D eigenvalue weighted by molar-refractivity contribution is 5.95. The van der Waals surface area contributed by atoms with Gasteiger partial charge >= 0.3 is 5.97 Å². The molecule has 2 aliphatic carbocycles. The van der Waals surface area contributed by atoms with Gasteiger partial charge in [0.1, 0.15) is 0 Å². The Kier molecular flexibility index (Phi) is 3.98. The zero-order valence-corrected chi connectivity index (χ0v) is 12.4. The first-order valence-corrected chi connectivity index (χ1v) is 7.42. The number of anilines is 1. The van der Waals surface area contributed by atoms with Crippen molar-refractivity contribution in [1.29, 1.82) is 0 Å². The predicted molar refractivity (Wildman–Crippen MR) is 81.6 cm³/mol. The highest BCUT2D eigenvalue weighted by Gasteiger charge is 2.39. The maximum absolute atomic E-state index is 12.4. The van der Waals surface area contributed by atoms with Crippen LogP contribution in [0.2, 0.25) is 0 Å². The summed E-state index contributed by atoms with van der Waals surface area (Å²) in [5.74, 6) is -0.199. The van der Waals surface area contributed by atoms with Gasteiger partial charge in [0.05, 0.1) is 12.2 Å². The van der Waals surface area contributed by atoms with Crippen LogP contribution in [0.3, 0.4) is 0 Å². The molecule has 0 aromatic heterocycles. The second-order valence-electron chi connectivity index (χ2n) is 6.03. The number of carbonyl (C=O) groups is 2. The summed E-state index contributed by atoms with van der Waals surface area (Å²) >= 11 is 0. The number of fused-ring (bicyclic) bond motifs is 2. The van der Waals surface area contributed by atoms with Crippen LogP contribution in [0.5, 0.6) is 0 Å². The lowest BCUT2D eigenvalue weighted by atomic mass is 9.92. The van der Waals surface area contributed by atoms with E-state index >= 15 is 0 Å². The summed E-state index contributed by atoms with van der Waals surface area (Å²) in [6.07, 6.45) is 6.26. The quantitative estimate of drug-likeness (QED) is 0.820. The molecule has 0 heterocycles. The van der Waals surface area contributed by atoms with Crippen LogP contribution in [0, 0.1) is 17.8 Å². The molecule has 1 amide bonds. The monoisotopic (exact) mass is 301 g/mol. The van der Waals surface area contributed by atoms with E-state index in [1.54, 1.807) is 19.2 Å². The van der Waals surface area contributed by atoms with Crippen molar-refractivity contribution in [3.63, 3.8) is 0 Å². The van der Waals surface area contributed by atoms with Crippen LogP contribution < -0.4 is 5.32 Å². The Morgan fingerprint density at radius 2 is 2.09 bits per heavy atom. The van der Waals surface area contributed by atoms with E-state index < -0.39 is 5.97 Å². The molecular formula is C17H19NO4. The topological polar surface area (TPSA) is 75.6 Å². The second kappa shape index (κ2) is 5.93. The summed E-state index contributed by atoms with van der Waals surface area (Å²) < 4.78 is 5.05. The molecule has 1 aromatic carbocycles. The first-order chi connectivity index (χ1) is 10.6. The Bertz CT molecular complexity index is 638. The molecule has 0 saturated heterocycles. The zero-order valence-electron chi connectivity index (χ0n) is 12.4. The van der Waals surface area contributed by atoms with Gasteiger partial charge in [-0.25, -0.2) is 4.79 Å². The fourth-order valence-electron chi connectivity index (χ4n) is 3.45. The molecule has 5 heteroatoms. The van der Waals surface area contributed by atoms with Gasteiger partial charge in [-0.15, -0.1) is 0 Å². The molecule has 2 N–H and O–H groups in total. The summed E-state index contributed by atoms with van der Waals surface area (Å²) in [5.41, 5.74) is 1.40. The first-order valence-electron chi connectivity index (χ1n) is 7.42. The number of carboxylic acid groups (broad SMARTS) is 1. The summed E-state index contributed by atoms with van der Waals surface area (Å²) in [6.45, 7) is 0.306. The molecular weight excluding hydrogens is 282 g/mol. The van der Waals surface area contributed by atoms with Crippen molar-refractivity contribution in [3.8, 4) is 0 Å². The minimum Gasteiger partial charge on any atom is -0.478 e. The van der Waals surface area contributed by atoms with Crippen molar-refractivity contribution in [2.24, 2.45) is 17.8 Å². The number of benzene rings is 1. The van der Waals surface area contributed by atoms with Crippen LogP contribution in [0.25, 0.3) is 0 Å². The van der Waals surface area contributed by atoms with E-state index in [-0.39, 0.29) is 17.4 Å². The minimum atomic E-state index is -1.02. The number of aromatic carboxylic acids is 1. The minimum absolute atomic E-state index is 0.00522. The van der Waals surface area contributed by atoms with E-state index in [9.17, 15) is 14.7 Å². The van der Waals surface area contributed by atoms with Gasteiger partial charge in [0.25, 0.3) is 0 Å². The van der Waals surface area contributed by atoms with E-state index in [1.807, 2.05) is 0 Å². The average Bonchev–Trinajstić information content (AvgIpc) is 3.10. The number of hydrogen-bond acceptors (Lipinski definition) is 3. The molecule has 1 saturated carbocycles. The smallest absolute Gasteiger partial charge is 0.335 e. The number of methoxy groups -OCH3 is 1. The van der Waals surface area contributed by atoms with E-state index in [0.29, 0.717) is 24.1 Å². The van der Waals surface area contributed by atoms with Crippen LogP contribution in [0.4, 0.5) is 5.69 Å². The summed E-state index contributed by atoms with van der Waals surface area (Å²) in [7, 11) is 1.55. The van der Waals surface area contributed by atoms with Crippen LogP contribution in [0.15, 0.2) is 30.4 Å². The molecule has 5 nitrogen and oxygen atoms in total. The Balaban J connectivity index is 1.77. The van der Waals surface area contributed by atoms with Crippen molar-refractivity contribution in [3.05, 3.63) is 41.5 Å². The summed E-state index contributed by atoms with van der Waals surface area (Å²) in [6, 6.07) is 4.81.